The van der Waals surface area contributed by atoms with Crippen molar-refractivity contribution in [1.29, 1.82) is 0 Å². The first kappa shape index (κ1) is 17.7. The van der Waals surface area contributed by atoms with Crippen molar-refractivity contribution in [2.45, 2.75) is 65.3 Å². The topological polar surface area (TPSA) is 63.9 Å². The maximum absolute atomic E-state index is 10.2. The summed E-state index contributed by atoms with van der Waals surface area (Å²) in [5.74, 6) is 0.807. The highest BCUT2D eigenvalue weighted by molar-refractivity contribution is 5.52. The molecule has 1 unspecified atom stereocenters. The van der Waals surface area contributed by atoms with Crippen LogP contribution < -0.4 is 4.74 Å². The normalized spacial score (nSPS) is 16.8. The van der Waals surface area contributed by atoms with Crippen LogP contribution in [0.25, 0.3) is 5.69 Å². The summed E-state index contributed by atoms with van der Waals surface area (Å²) in [6.45, 7) is 5.48. The first-order valence-corrected chi connectivity index (χ1v) is 8.99. The number of nitrogens with zero attached hydrogens (tertiary/aromatic N) is 1. The van der Waals surface area contributed by atoms with Gasteiger partial charge in [0.05, 0.1) is 11.8 Å². The zero-order valence-electron chi connectivity index (χ0n) is 15.2. The van der Waals surface area contributed by atoms with Crippen LogP contribution in [-0.2, 0) is 4.74 Å². The lowest BCUT2D eigenvalue weighted by Gasteiger charge is -2.26. The highest BCUT2D eigenvalue weighted by atomic mass is 16.7. The molecule has 0 aliphatic heterocycles. The number of aromatic nitrogens is 1. The van der Waals surface area contributed by atoms with Gasteiger partial charge in [-0.1, -0.05) is 19.3 Å². The molecule has 1 heterocycles. The third kappa shape index (κ3) is 3.76. The molecule has 1 aromatic carbocycles. The first-order chi connectivity index (χ1) is 12.0. The molecular weight excluding hydrogens is 318 g/mol. The van der Waals surface area contributed by atoms with Crippen LogP contribution in [-0.4, -0.2) is 27.2 Å². The minimum absolute atomic E-state index is 0.0534. The summed E-state index contributed by atoms with van der Waals surface area (Å²) in [6.07, 6.45) is 5.97. The molecule has 1 saturated carbocycles. The van der Waals surface area contributed by atoms with Crippen molar-refractivity contribution in [2.75, 3.05) is 0 Å². The van der Waals surface area contributed by atoms with Crippen LogP contribution in [0.3, 0.4) is 0 Å². The Balaban J connectivity index is 1.67. The molecule has 5 nitrogen and oxygen atoms in total. The summed E-state index contributed by atoms with van der Waals surface area (Å²) in [5, 5.41) is 20.4. The molecule has 3 rings (SSSR count). The Labute approximate surface area is 148 Å². The molecule has 2 N–H and O–H groups in total. The van der Waals surface area contributed by atoms with Gasteiger partial charge in [-0.05, 0) is 57.9 Å². The summed E-state index contributed by atoms with van der Waals surface area (Å²) < 4.78 is 13.2. The highest BCUT2D eigenvalue weighted by Crippen LogP contribution is 2.35. The number of hydrogen-bond donors (Lipinski definition) is 2. The van der Waals surface area contributed by atoms with Crippen LogP contribution in [0.5, 0.6) is 17.5 Å². The molecule has 1 atom stereocenters. The van der Waals surface area contributed by atoms with Crippen molar-refractivity contribution in [1.82, 2.24) is 4.57 Å². The molecule has 2 aromatic rings. The Kier molecular flexibility index (Phi) is 5.23. The third-order valence-corrected chi connectivity index (χ3v) is 4.99. The average Bonchev–Trinajstić information content (AvgIpc) is 2.80. The van der Waals surface area contributed by atoms with E-state index in [-0.39, 0.29) is 18.1 Å². The molecule has 0 amide bonds. The maximum atomic E-state index is 10.2. The van der Waals surface area contributed by atoms with E-state index in [1.807, 2.05) is 19.1 Å². The van der Waals surface area contributed by atoms with E-state index in [1.54, 1.807) is 26.0 Å². The second-order valence-electron chi connectivity index (χ2n) is 6.81. The summed E-state index contributed by atoms with van der Waals surface area (Å²) in [6, 6.07) is 7.25. The maximum Gasteiger partial charge on any atom is 0.201 e. The van der Waals surface area contributed by atoms with Crippen molar-refractivity contribution in [3.63, 3.8) is 0 Å². The minimum Gasteiger partial charge on any atom is -0.494 e. The predicted molar refractivity (Wildman–Crippen MR) is 96.6 cm³/mol. The quantitative estimate of drug-likeness (QED) is 0.779. The van der Waals surface area contributed by atoms with Gasteiger partial charge in [0.15, 0.2) is 6.29 Å². The summed E-state index contributed by atoms with van der Waals surface area (Å²) in [5.41, 5.74) is 2.03. The molecule has 1 aliphatic carbocycles. The van der Waals surface area contributed by atoms with E-state index in [0.29, 0.717) is 28.7 Å². The molecule has 136 valence electrons. The lowest BCUT2D eigenvalue weighted by Crippen LogP contribution is -2.26. The van der Waals surface area contributed by atoms with Crippen molar-refractivity contribution in [3.05, 3.63) is 35.4 Å². The van der Waals surface area contributed by atoms with Crippen LogP contribution in [0.4, 0.5) is 0 Å². The van der Waals surface area contributed by atoms with E-state index < -0.39 is 0 Å². The molecular formula is C20H27NO4. The van der Waals surface area contributed by atoms with Crippen molar-refractivity contribution >= 4 is 0 Å². The van der Waals surface area contributed by atoms with Gasteiger partial charge < -0.3 is 19.7 Å². The van der Waals surface area contributed by atoms with E-state index in [9.17, 15) is 10.2 Å². The van der Waals surface area contributed by atoms with Gasteiger partial charge in [-0.3, -0.25) is 4.57 Å². The monoisotopic (exact) mass is 345 g/mol. The minimum atomic E-state index is -0.299. The van der Waals surface area contributed by atoms with Gasteiger partial charge in [0, 0.05) is 11.1 Å². The number of rotatable bonds is 5. The van der Waals surface area contributed by atoms with Crippen molar-refractivity contribution < 1.29 is 19.7 Å². The third-order valence-electron chi connectivity index (χ3n) is 4.99. The molecule has 0 bridgehead atoms. The van der Waals surface area contributed by atoms with Crippen LogP contribution in [0.1, 0.15) is 50.2 Å². The number of aromatic hydroxyl groups is 2. The molecule has 1 aromatic heterocycles. The highest BCUT2D eigenvalue weighted by Gasteiger charge is 2.19. The summed E-state index contributed by atoms with van der Waals surface area (Å²) in [7, 11) is 0. The van der Waals surface area contributed by atoms with Crippen LogP contribution in [0.2, 0.25) is 0 Å². The summed E-state index contributed by atoms with van der Waals surface area (Å²) in [4.78, 5) is 0. The Morgan fingerprint density at radius 3 is 2.08 bits per heavy atom. The smallest absolute Gasteiger partial charge is 0.201 e. The van der Waals surface area contributed by atoms with Crippen LogP contribution >= 0.6 is 0 Å². The molecule has 0 saturated heterocycles. The number of hydrogen-bond acceptors (Lipinski definition) is 4. The molecule has 5 heteroatoms. The van der Waals surface area contributed by atoms with Crippen molar-refractivity contribution in [2.24, 2.45) is 0 Å². The van der Waals surface area contributed by atoms with Crippen LogP contribution in [0.15, 0.2) is 24.3 Å². The number of ether oxygens (including phenoxy) is 2. The Morgan fingerprint density at radius 2 is 1.52 bits per heavy atom. The Morgan fingerprint density at radius 1 is 0.960 bits per heavy atom. The largest absolute Gasteiger partial charge is 0.494 e. The van der Waals surface area contributed by atoms with E-state index in [2.05, 4.69) is 0 Å². The lowest BCUT2D eigenvalue weighted by atomic mass is 9.98. The first-order valence-electron chi connectivity index (χ1n) is 8.99. The van der Waals surface area contributed by atoms with E-state index in [1.165, 1.54) is 23.8 Å². The van der Waals surface area contributed by atoms with Gasteiger partial charge >= 0.3 is 0 Å². The van der Waals surface area contributed by atoms with E-state index in [0.717, 1.165) is 12.8 Å². The molecule has 0 radical (unpaired) electrons. The van der Waals surface area contributed by atoms with Gasteiger partial charge in [0.25, 0.3) is 0 Å². The summed E-state index contributed by atoms with van der Waals surface area (Å²) >= 11 is 0. The zero-order valence-corrected chi connectivity index (χ0v) is 15.2. The fourth-order valence-electron chi connectivity index (χ4n) is 3.38. The Bertz CT molecular complexity index is 689. The SMILES string of the molecule is Cc1c(C)c(O)n(-c2ccc(OC(C)OC3CCCCC3)cc2)c1O. The molecule has 0 spiro atoms. The Hall–Kier alpha value is -2.14. The second kappa shape index (κ2) is 7.40. The standard InChI is InChI=1S/C20H27NO4/c1-13-14(2)20(23)21(19(13)22)16-9-11-18(12-10-16)25-15(3)24-17-7-5-4-6-8-17/h9-12,15,17,22-23H,4-8H2,1-3H3. The lowest BCUT2D eigenvalue weighted by molar-refractivity contribution is -0.116. The molecule has 1 aliphatic rings. The predicted octanol–water partition coefficient (Wildman–Crippen LogP) is 4.58. The van der Waals surface area contributed by atoms with E-state index in [4.69, 9.17) is 9.47 Å². The number of benzene rings is 1. The fourth-order valence-corrected chi connectivity index (χ4v) is 3.38. The van der Waals surface area contributed by atoms with Gasteiger partial charge in [-0.25, -0.2) is 0 Å². The van der Waals surface area contributed by atoms with E-state index >= 15 is 0 Å². The molecule has 1 fully saturated rings. The average molecular weight is 345 g/mol. The van der Waals surface area contributed by atoms with Gasteiger partial charge in [-0.15, -0.1) is 0 Å². The molecule has 25 heavy (non-hydrogen) atoms. The van der Waals surface area contributed by atoms with Gasteiger partial charge in [0.1, 0.15) is 5.75 Å². The zero-order chi connectivity index (χ0) is 18.0. The second-order valence-corrected chi connectivity index (χ2v) is 6.81. The van der Waals surface area contributed by atoms with Crippen LogP contribution in [0, 0.1) is 13.8 Å². The van der Waals surface area contributed by atoms with Crippen molar-refractivity contribution in [3.8, 4) is 23.2 Å². The van der Waals surface area contributed by atoms with Gasteiger partial charge in [0.2, 0.25) is 11.8 Å². The fraction of sp³-hybridized carbons (Fsp3) is 0.500. The van der Waals surface area contributed by atoms with Gasteiger partial charge in [-0.2, -0.15) is 0 Å².